The van der Waals surface area contributed by atoms with Crippen LogP contribution in [0.5, 0.6) is 11.5 Å². The predicted octanol–water partition coefficient (Wildman–Crippen LogP) is 3.53. The monoisotopic (exact) mass is 432 g/mol. The first kappa shape index (κ1) is 20.4. The summed E-state index contributed by atoms with van der Waals surface area (Å²) in [6.07, 6.45) is 1.82. The lowest BCUT2D eigenvalue weighted by atomic mass is 10.0. The molecular formula is C24H28N6O2. The summed E-state index contributed by atoms with van der Waals surface area (Å²) in [6, 6.07) is 16.7. The minimum absolute atomic E-state index is 0.255. The van der Waals surface area contributed by atoms with E-state index in [4.69, 9.17) is 19.4 Å². The van der Waals surface area contributed by atoms with Crippen LogP contribution in [0, 0.1) is 0 Å². The third kappa shape index (κ3) is 4.13. The van der Waals surface area contributed by atoms with Crippen molar-refractivity contribution >= 4 is 17.6 Å². The quantitative estimate of drug-likeness (QED) is 0.499. The second-order valence-corrected chi connectivity index (χ2v) is 8.05. The molecule has 0 bridgehead atoms. The zero-order valence-corrected chi connectivity index (χ0v) is 18.4. The van der Waals surface area contributed by atoms with Gasteiger partial charge in [-0.25, -0.2) is 5.43 Å². The predicted molar refractivity (Wildman–Crippen MR) is 125 cm³/mol. The fourth-order valence-electron chi connectivity index (χ4n) is 4.32. The highest BCUT2D eigenvalue weighted by atomic mass is 16.5. The Bertz CT molecular complexity index is 1070. The van der Waals surface area contributed by atoms with E-state index in [2.05, 4.69) is 45.3 Å². The molecule has 166 valence electrons. The van der Waals surface area contributed by atoms with E-state index in [1.54, 1.807) is 14.2 Å². The third-order valence-corrected chi connectivity index (χ3v) is 5.95. The summed E-state index contributed by atoms with van der Waals surface area (Å²) in [4.78, 5) is 12.0. The molecule has 3 heterocycles. The van der Waals surface area contributed by atoms with Crippen LogP contribution in [-0.2, 0) is 13.0 Å². The molecule has 3 N–H and O–H groups in total. The largest absolute Gasteiger partial charge is 0.497 e. The molecule has 0 amide bonds. The van der Waals surface area contributed by atoms with Crippen LogP contribution >= 0.6 is 0 Å². The van der Waals surface area contributed by atoms with Gasteiger partial charge >= 0.3 is 0 Å². The van der Waals surface area contributed by atoms with Crippen molar-refractivity contribution in [3.8, 4) is 11.5 Å². The first-order valence-corrected chi connectivity index (χ1v) is 10.9. The molecule has 0 saturated carbocycles. The number of nitrogens with one attached hydrogen (secondary N) is 3. The summed E-state index contributed by atoms with van der Waals surface area (Å²) in [7, 11) is 3.33. The SMILES string of the molecule is COc1cc(CCNc2nc3c4c(n2)N(Cc2ccccc2)CCC4NN3)cc(OC)c1. The number of anilines is 3. The minimum atomic E-state index is 0.255. The molecule has 0 radical (unpaired) electrons. The maximum Gasteiger partial charge on any atom is 0.226 e. The molecule has 1 unspecified atom stereocenters. The van der Waals surface area contributed by atoms with Crippen molar-refractivity contribution in [3.63, 3.8) is 0 Å². The Hall–Kier alpha value is -3.52. The number of hydrogen-bond acceptors (Lipinski definition) is 8. The third-order valence-electron chi connectivity index (χ3n) is 5.95. The molecular weight excluding hydrogens is 404 g/mol. The first-order valence-electron chi connectivity index (χ1n) is 10.9. The maximum atomic E-state index is 5.37. The van der Waals surface area contributed by atoms with E-state index < -0.39 is 0 Å². The van der Waals surface area contributed by atoms with Gasteiger partial charge in [-0.2, -0.15) is 9.97 Å². The van der Waals surface area contributed by atoms with Crippen molar-refractivity contribution in [1.82, 2.24) is 15.4 Å². The highest BCUT2D eigenvalue weighted by Crippen LogP contribution is 2.41. The number of ether oxygens (including phenoxy) is 2. The Morgan fingerprint density at radius 3 is 2.56 bits per heavy atom. The number of methoxy groups -OCH3 is 2. The fourth-order valence-corrected chi connectivity index (χ4v) is 4.32. The number of benzene rings is 2. The van der Waals surface area contributed by atoms with Crippen LogP contribution in [0.1, 0.15) is 29.2 Å². The first-order chi connectivity index (χ1) is 15.7. The van der Waals surface area contributed by atoms with Crippen LogP contribution in [0.25, 0.3) is 0 Å². The van der Waals surface area contributed by atoms with Gasteiger partial charge in [-0.15, -0.1) is 0 Å². The molecule has 8 nitrogen and oxygen atoms in total. The summed E-state index contributed by atoms with van der Waals surface area (Å²) in [5.41, 5.74) is 10.2. The second kappa shape index (κ2) is 8.92. The molecule has 2 aliphatic heterocycles. The molecule has 2 aromatic carbocycles. The number of nitrogens with zero attached hydrogens (tertiary/aromatic N) is 3. The van der Waals surface area contributed by atoms with Gasteiger partial charge in [0.15, 0.2) is 5.82 Å². The van der Waals surface area contributed by atoms with Crippen LogP contribution in [0.4, 0.5) is 17.6 Å². The molecule has 3 aromatic rings. The van der Waals surface area contributed by atoms with Crippen molar-refractivity contribution < 1.29 is 9.47 Å². The zero-order valence-electron chi connectivity index (χ0n) is 18.4. The van der Waals surface area contributed by atoms with Crippen LogP contribution in [0.3, 0.4) is 0 Å². The lowest BCUT2D eigenvalue weighted by Gasteiger charge is -2.32. The Morgan fingerprint density at radius 2 is 1.81 bits per heavy atom. The Labute approximate surface area is 187 Å². The van der Waals surface area contributed by atoms with Crippen LogP contribution < -0.4 is 30.5 Å². The van der Waals surface area contributed by atoms with Gasteiger partial charge < -0.3 is 25.1 Å². The molecule has 8 heteroatoms. The van der Waals surface area contributed by atoms with Crippen molar-refractivity contribution in [2.24, 2.45) is 0 Å². The summed E-state index contributed by atoms with van der Waals surface area (Å²) in [5.74, 6) is 4.07. The Kier molecular flexibility index (Phi) is 5.68. The van der Waals surface area contributed by atoms with Crippen LogP contribution in [0.2, 0.25) is 0 Å². The van der Waals surface area contributed by atoms with Crippen molar-refractivity contribution in [2.75, 3.05) is 43.0 Å². The van der Waals surface area contributed by atoms with E-state index in [-0.39, 0.29) is 6.04 Å². The van der Waals surface area contributed by atoms with Gasteiger partial charge in [0.25, 0.3) is 0 Å². The molecule has 0 fully saturated rings. The van der Waals surface area contributed by atoms with E-state index >= 15 is 0 Å². The molecule has 2 aliphatic rings. The molecule has 0 spiro atoms. The fraction of sp³-hybridized carbons (Fsp3) is 0.333. The van der Waals surface area contributed by atoms with Gasteiger partial charge in [-0.1, -0.05) is 30.3 Å². The summed E-state index contributed by atoms with van der Waals surface area (Å²) in [5, 5.41) is 3.40. The van der Waals surface area contributed by atoms with Crippen molar-refractivity contribution in [3.05, 3.63) is 65.2 Å². The van der Waals surface area contributed by atoms with E-state index in [9.17, 15) is 0 Å². The second-order valence-electron chi connectivity index (χ2n) is 8.05. The number of rotatable bonds is 8. The Balaban J connectivity index is 1.33. The standard InChI is InChI=1S/C24H28N6O2/c1-31-18-12-17(13-19(14-18)32-2)8-10-25-24-26-22-21-20(28-29-22)9-11-30(23(21)27-24)15-16-6-4-3-5-7-16/h3-7,12-14,20,28H,8-11,15H2,1-2H3,(H2,25,26,27,29). The van der Waals surface area contributed by atoms with Crippen LogP contribution in [0.15, 0.2) is 48.5 Å². The van der Waals surface area contributed by atoms with Crippen molar-refractivity contribution in [2.45, 2.75) is 25.4 Å². The lowest BCUT2D eigenvalue weighted by molar-refractivity contribution is 0.393. The van der Waals surface area contributed by atoms with Gasteiger partial charge in [-0.05, 0) is 36.1 Å². The van der Waals surface area contributed by atoms with E-state index in [1.807, 2.05) is 24.3 Å². The van der Waals surface area contributed by atoms with Gasteiger partial charge in [0, 0.05) is 25.7 Å². The van der Waals surface area contributed by atoms with Gasteiger partial charge in [-0.3, -0.25) is 0 Å². The Morgan fingerprint density at radius 1 is 1.03 bits per heavy atom. The smallest absolute Gasteiger partial charge is 0.226 e. The highest BCUT2D eigenvalue weighted by molar-refractivity contribution is 5.67. The average Bonchev–Trinajstić information content (AvgIpc) is 3.25. The van der Waals surface area contributed by atoms with Gasteiger partial charge in [0.05, 0.1) is 25.8 Å². The molecule has 32 heavy (non-hydrogen) atoms. The normalized spacial score (nSPS) is 16.3. The number of hydrazine groups is 1. The molecule has 1 aromatic heterocycles. The summed E-state index contributed by atoms with van der Waals surface area (Å²) < 4.78 is 10.7. The zero-order chi connectivity index (χ0) is 21.9. The maximum absolute atomic E-state index is 5.37. The van der Waals surface area contributed by atoms with E-state index in [0.29, 0.717) is 12.5 Å². The van der Waals surface area contributed by atoms with Gasteiger partial charge in [0.2, 0.25) is 5.95 Å². The highest BCUT2D eigenvalue weighted by Gasteiger charge is 2.34. The summed E-state index contributed by atoms with van der Waals surface area (Å²) >= 11 is 0. The van der Waals surface area contributed by atoms with E-state index in [1.165, 1.54) is 5.56 Å². The van der Waals surface area contributed by atoms with Crippen molar-refractivity contribution in [1.29, 1.82) is 0 Å². The molecule has 0 saturated heterocycles. The minimum Gasteiger partial charge on any atom is -0.497 e. The number of hydrogen-bond donors (Lipinski definition) is 3. The number of aromatic nitrogens is 2. The molecule has 1 atom stereocenters. The lowest BCUT2D eigenvalue weighted by Crippen LogP contribution is -2.34. The van der Waals surface area contributed by atoms with Gasteiger partial charge in [0.1, 0.15) is 17.3 Å². The topological polar surface area (TPSA) is 83.6 Å². The molecule has 0 aliphatic carbocycles. The van der Waals surface area contributed by atoms with E-state index in [0.717, 1.165) is 60.2 Å². The average molecular weight is 433 g/mol. The summed E-state index contributed by atoms with van der Waals surface area (Å²) in [6.45, 7) is 2.48. The molecule has 5 rings (SSSR count). The van der Waals surface area contributed by atoms with Crippen LogP contribution in [-0.4, -0.2) is 37.3 Å².